The van der Waals surface area contributed by atoms with Gasteiger partial charge in [-0.15, -0.1) is 0 Å². The smallest absolute Gasteiger partial charge is 0.141 e. The highest BCUT2D eigenvalue weighted by Gasteiger charge is 2.10. The van der Waals surface area contributed by atoms with Crippen molar-refractivity contribution in [3.05, 3.63) is 53.6 Å². The molecule has 0 atom stereocenters. The molecule has 90 valence electrons. The molecule has 0 N–H and O–H groups in total. The maximum absolute atomic E-state index is 6.05. The van der Waals surface area contributed by atoms with Crippen LogP contribution in [0.3, 0.4) is 0 Å². The van der Waals surface area contributed by atoms with Crippen molar-refractivity contribution in [1.29, 1.82) is 0 Å². The molecular weight excluding hydrogens is 244 g/mol. The lowest BCUT2D eigenvalue weighted by Crippen LogP contribution is -1.97. The fraction of sp³-hybridized carbons (Fsp3) is 0.133. The Hall–Kier alpha value is -1.80. The average molecular weight is 257 g/mol. The van der Waals surface area contributed by atoms with E-state index >= 15 is 0 Å². The number of hydrogen-bond acceptors (Lipinski definition) is 1. The van der Waals surface area contributed by atoms with Crippen LogP contribution in [-0.2, 0) is 6.54 Å². The van der Waals surface area contributed by atoms with Crippen molar-refractivity contribution < 1.29 is 0 Å². The molecule has 0 saturated carbocycles. The minimum Gasteiger partial charge on any atom is -0.324 e. The number of halogens is 1. The topological polar surface area (TPSA) is 17.8 Å². The molecule has 1 aromatic heterocycles. The van der Waals surface area contributed by atoms with Crippen molar-refractivity contribution in [1.82, 2.24) is 9.55 Å². The number of hydrogen-bond donors (Lipinski definition) is 0. The zero-order valence-corrected chi connectivity index (χ0v) is 10.9. The number of aryl methyl sites for hydroxylation is 1. The Labute approximate surface area is 111 Å². The Bertz CT molecular complexity index is 701. The Morgan fingerprint density at radius 1 is 1.11 bits per heavy atom. The van der Waals surface area contributed by atoms with Gasteiger partial charge in [0.1, 0.15) is 5.82 Å². The third-order valence-electron chi connectivity index (χ3n) is 3.05. The number of rotatable bonds is 2. The molecule has 1 heterocycles. The lowest BCUT2D eigenvalue weighted by Gasteiger charge is -2.06. The SMILES string of the molecule is CCn1c(-c2cccc(Cl)c2)nc2ccccc21. The second kappa shape index (κ2) is 4.46. The van der Waals surface area contributed by atoms with Crippen molar-refractivity contribution in [2.45, 2.75) is 13.5 Å². The van der Waals surface area contributed by atoms with Crippen molar-refractivity contribution in [3.8, 4) is 11.4 Å². The van der Waals surface area contributed by atoms with E-state index in [9.17, 15) is 0 Å². The molecule has 0 aliphatic heterocycles. The largest absolute Gasteiger partial charge is 0.324 e. The molecule has 0 saturated heterocycles. The predicted molar refractivity (Wildman–Crippen MR) is 75.9 cm³/mol. The molecule has 3 aromatic rings. The summed E-state index contributed by atoms with van der Waals surface area (Å²) in [5.74, 6) is 0.973. The van der Waals surface area contributed by atoms with Crippen LogP contribution in [0.2, 0.25) is 5.02 Å². The van der Waals surface area contributed by atoms with Crippen LogP contribution >= 0.6 is 11.6 Å². The van der Waals surface area contributed by atoms with E-state index < -0.39 is 0 Å². The first-order chi connectivity index (χ1) is 8.79. The summed E-state index contributed by atoms with van der Waals surface area (Å²) in [5, 5.41) is 0.738. The fourth-order valence-corrected chi connectivity index (χ4v) is 2.43. The highest BCUT2D eigenvalue weighted by atomic mass is 35.5. The van der Waals surface area contributed by atoms with Gasteiger partial charge in [0.2, 0.25) is 0 Å². The van der Waals surface area contributed by atoms with Gasteiger partial charge in [0, 0.05) is 17.1 Å². The van der Waals surface area contributed by atoms with E-state index in [1.165, 1.54) is 0 Å². The van der Waals surface area contributed by atoms with Crippen LogP contribution in [0.4, 0.5) is 0 Å². The molecule has 18 heavy (non-hydrogen) atoms. The summed E-state index contributed by atoms with van der Waals surface area (Å²) in [4.78, 5) is 4.70. The molecule has 0 radical (unpaired) electrons. The van der Waals surface area contributed by atoms with Gasteiger partial charge in [-0.25, -0.2) is 4.98 Å². The molecule has 0 fully saturated rings. The molecule has 0 aliphatic rings. The van der Waals surface area contributed by atoms with Gasteiger partial charge in [-0.05, 0) is 31.2 Å². The third kappa shape index (κ3) is 1.79. The van der Waals surface area contributed by atoms with Gasteiger partial charge in [0.25, 0.3) is 0 Å². The van der Waals surface area contributed by atoms with Crippen LogP contribution < -0.4 is 0 Å². The first-order valence-electron chi connectivity index (χ1n) is 6.01. The highest BCUT2D eigenvalue weighted by molar-refractivity contribution is 6.30. The van der Waals surface area contributed by atoms with E-state index in [0.717, 1.165) is 34.0 Å². The Morgan fingerprint density at radius 3 is 2.72 bits per heavy atom. The van der Waals surface area contributed by atoms with Crippen molar-refractivity contribution in [2.75, 3.05) is 0 Å². The molecule has 0 aliphatic carbocycles. The van der Waals surface area contributed by atoms with E-state index in [4.69, 9.17) is 16.6 Å². The van der Waals surface area contributed by atoms with Crippen LogP contribution in [0.15, 0.2) is 48.5 Å². The minimum atomic E-state index is 0.738. The standard InChI is InChI=1S/C15H13ClN2/c1-2-18-14-9-4-3-8-13(14)17-15(18)11-6-5-7-12(16)10-11/h3-10H,2H2,1H3. The zero-order valence-electron chi connectivity index (χ0n) is 10.1. The normalized spacial score (nSPS) is 11.0. The van der Waals surface area contributed by atoms with E-state index in [1.807, 2.05) is 42.5 Å². The second-order valence-corrected chi connectivity index (χ2v) is 4.62. The maximum atomic E-state index is 6.05. The molecule has 0 unspecified atom stereocenters. The summed E-state index contributed by atoms with van der Waals surface area (Å²) >= 11 is 6.05. The average Bonchev–Trinajstić information content (AvgIpc) is 2.77. The number of benzene rings is 2. The van der Waals surface area contributed by atoms with E-state index in [1.54, 1.807) is 0 Å². The summed E-state index contributed by atoms with van der Waals surface area (Å²) in [7, 11) is 0. The molecule has 0 bridgehead atoms. The molecule has 0 spiro atoms. The number of aromatic nitrogens is 2. The van der Waals surface area contributed by atoms with Crippen molar-refractivity contribution >= 4 is 22.6 Å². The summed E-state index contributed by atoms with van der Waals surface area (Å²) < 4.78 is 2.21. The molecular formula is C15H13ClN2. The van der Waals surface area contributed by atoms with Crippen LogP contribution in [0.1, 0.15) is 6.92 Å². The number of fused-ring (bicyclic) bond motifs is 1. The summed E-state index contributed by atoms with van der Waals surface area (Å²) in [6, 6.07) is 16.0. The molecule has 3 heteroatoms. The van der Waals surface area contributed by atoms with E-state index in [-0.39, 0.29) is 0 Å². The lowest BCUT2D eigenvalue weighted by atomic mass is 10.2. The van der Waals surface area contributed by atoms with Crippen LogP contribution in [0.5, 0.6) is 0 Å². The minimum absolute atomic E-state index is 0.738. The maximum Gasteiger partial charge on any atom is 0.141 e. The zero-order chi connectivity index (χ0) is 12.5. The molecule has 0 amide bonds. The molecule has 3 rings (SSSR count). The van der Waals surface area contributed by atoms with Crippen LogP contribution in [0.25, 0.3) is 22.4 Å². The van der Waals surface area contributed by atoms with Crippen molar-refractivity contribution in [3.63, 3.8) is 0 Å². The first-order valence-corrected chi connectivity index (χ1v) is 6.38. The van der Waals surface area contributed by atoms with Gasteiger partial charge in [-0.1, -0.05) is 35.9 Å². The Morgan fingerprint density at radius 2 is 1.94 bits per heavy atom. The second-order valence-electron chi connectivity index (χ2n) is 4.18. The van der Waals surface area contributed by atoms with Crippen LogP contribution in [0, 0.1) is 0 Å². The van der Waals surface area contributed by atoms with Gasteiger partial charge in [0.05, 0.1) is 11.0 Å². The lowest BCUT2D eigenvalue weighted by molar-refractivity contribution is 0.796. The Kier molecular flexibility index (Phi) is 2.80. The van der Waals surface area contributed by atoms with Gasteiger partial charge in [-0.2, -0.15) is 0 Å². The monoisotopic (exact) mass is 256 g/mol. The van der Waals surface area contributed by atoms with Crippen LogP contribution in [-0.4, -0.2) is 9.55 Å². The van der Waals surface area contributed by atoms with Crippen molar-refractivity contribution in [2.24, 2.45) is 0 Å². The summed E-state index contributed by atoms with van der Waals surface area (Å²) in [6.45, 7) is 3.02. The summed E-state index contributed by atoms with van der Waals surface area (Å²) in [6.07, 6.45) is 0. The van der Waals surface area contributed by atoms with E-state index in [2.05, 4.69) is 17.6 Å². The first kappa shape index (κ1) is 11.3. The number of nitrogens with zero attached hydrogens (tertiary/aromatic N) is 2. The summed E-state index contributed by atoms with van der Waals surface area (Å²) in [5.41, 5.74) is 3.24. The van der Waals surface area contributed by atoms with E-state index in [0.29, 0.717) is 0 Å². The van der Waals surface area contributed by atoms with Gasteiger partial charge in [-0.3, -0.25) is 0 Å². The van der Waals surface area contributed by atoms with Gasteiger partial charge < -0.3 is 4.57 Å². The predicted octanol–water partition coefficient (Wildman–Crippen LogP) is 4.38. The molecule has 2 nitrogen and oxygen atoms in total. The number of para-hydroxylation sites is 2. The number of imidazole rings is 1. The fourth-order valence-electron chi connectivity index (χ4n) is 2.24. The Balaban J connectivity index is 2.28. The highest BCUT2D eigenvalue weighted by Crippen LogP contribution is 2.26. The third-order valence-corrected chi connectivity index (χ3v) is 3.29. The van der Waals surface area contributed by atoms with Gasteiger partial charge in [0.15, 0.2) is 0 Å². The van der Waals surface area contributed by atoms with Gasteiger partial charge >= 0.3 is 0 Å². The quantitative estimate of drug-likeness (QED) is 0.665. The molecule has 2 aromatic carbocycles.